The second kappa shape index (κ2) is 12.9. The lowest BCUT2D eigenvalue weighted by Crippen LogP contribution is -2.38. The second-order valence-corrected chi connectivity index (χ2v) is 5.68. The first-order chi connectivity index (χ1) is 9.77. The Labute approximate surface area is 136 Å². The van der Waals surface area contributed by atoms with Crippen molar-refractivity contribution in [2.24, 2.45) is 5.92 Å². The van der Waals surface area contributed by atoms with Crippen molar-refractivity contribution >= 4 is 18.3 Å². The van der Waals surface area contributed by atoms with E-state index in [1.807, 2.05) is 0 Å². The number of carbonyl (C=O) groups is 1. The largest absolute Gasteiger partial charge is 0.355 e. The van der Waals surface area contributed by atoms with Crippen LogP contribution in [0.3, 0.4) is 0 Å². The summed E-state index contributed by atoms with van der Waals surface area (Å²) in [5, 5.41) is 6.58. The van der Waals surface area contributed by atoms with Crippen LogP contribution in [0.25, 0.3) is 0 Å². The number of amides is 1. The van der Waals surface area contributed by atoms with E-state index in [1.54, 1.807) is 12.2 Å². The van der Waals surface area contributed by atoms with Gasteiger partial charge >= 0.3 is 0 Å². The zero-order valence-electron chi connectivity index (χ0n) is 13.1. The fraction of sp³-hybridized carbons (Fsp3) is 0.706. The Hall–Kier alpha value is -0.800. The third kappa shape index (κ3) is 8.94. The van der Waals surface area contributed by atoms with E-state index < -0.39 is 0 Å². The molecule has 1 fully saturated rings. The molecule has 0 aliphatic heterocycles. The molecule has 0 aromatic carbocycles. The Morgan fingerprint density at radius 1 is 1.05 bits per heavy atom. The molecule has 4 heteroatoms. The molecule has 122 valence electrons. The summed E-state index contributed by atoms with van der Waals surface area (Å²) in [6.07, 6.45) is 13.0. The first-order valence-corrected chi connectivity index (χ1v) is 8.00. The van der Waals surface area contributed by atoms with E-state index in [4.69, 9.17) is 0 Å². The Morgan fingerprint density at radius 2 is 1.62 bits per heavy atom. The second-order valence-electron chi connectivity index (χ2n) is 5.68. The summed E-state index contributed by atoms with van der Waals surface area (Å²) < 4.78 is 0. The van der Waals surface area contributed by atoms with Crippen LogP contribution < -0.4 is 10.6 Å². The normalized spacial score (nSPS) is 15.9. The summed E-state index contributed by atoms with van der Waals surface area (Å²) in [6.45, 7) is 8.98. The first kappa shape index (κ1) is 20.2. The van der Waals surface area contributed by atoms with Gasteiger partial charge in [0.25, 0.3) is 0 Å². The van der Waals surface area contributed by atoms with Crippen molar-refractivity contribution in [1.29, 1.82) is 0 Å². The summed E-state index contributed by atoms with van der Waals surface area (Å²) in [4.78, 5) is 12.0. The molecule has 0 bridgehead atoms. The molecule has 1 saturated carbocycles. The highest BCUT2D eigenvalue weighted by molar-refractivity contribution is 5.85. The maximum Gasteiger partial charge on any atom is 0.223 e. The smallest absolute Gasteiger partial charge is 0.223 e. The maximum absolute atomic E-state index is 12.0. The van der Waals surface area contributed by atoms with Crippen LogP contribution in [0, 0.1) is 5.92 Å². The van der Waals surface area contributed by atoms with Crippen molar-refractivity contribution in [2.75, 3.05) is 13.1 Å². The van der Waals surface area contributed by atoms with E-state index in [-0.39, 0.29) is 24.2 Å². The SMILES string of the molecule is C=CCC(CC=C)C(=O)NCCNC1CCCCCC1.Cl. The van der Waals surface area contributed by atoms with E-state index in [0.29, 0.717) is 25.4 Å². The van der Waals surface area contributed by atoms with Crippen LogP contribution in [0.4, 0.5) is 0 Å². The fourth-order valence-corrected chi connectivity index (χ4v) is 2.80. The summed E-state index contributed by atoms with van der Waals surface area (Å²) in [5.41, 5.74) is 0. The quantitative estimate of drug-likeness (QED) is 0.388. The van der Waals surface area contributed by atoms with Crippen LogP contribution in [0.15, 0.2) is 25.3 Å². The van der Waals surface area contributed by atoms with Crippen molar-refractivity contribution in [3.63, 3.8) is 0 Å². The van der Waals surface area contributed by atoms with Crippen LogP contribution in [0.1, 0.15) is 51.4 Å². The Bertz CT molecular complexity index is 289. The molecule has 0 heterocycles. The molecular weight excluding hydrogens is 284 g/mol. The highest BCUT2D eigenvalue weighted by Gasteiger charge is 2.15. The van der Waals surface area contributed by atoms with Crippen LogP contribution in [0.5, 0.6) is 0 Å². The van der Waals surface area contributed by atoms with Gasteiger partial charge in [0.2, 0.25) is 5.91 Å². The number of rotatable bonds is 9. The van der Waals surface area contributed by atoms with Crippen molar-refractivity contribution in [1.82, 2.24) is 10.6 Å². The molecule has 0 radical (unpaired) electrons. The molecule has 0 atom stereocenters. The molecule has 0 unspecified atom stereocenters. The number of halogens is 1. The van der Waals surface area contributed by atoms with Crippen molar-refractivity contribution in [2.45, 2.75) is 57.4 Å². The topological polar surface area (TPSA) is 41.1 Å². The zero-order chi connectivity index (χ0) is 14.6. The highest BCUT2D eigenvalue weighted by Crippen LogP contribution is 2.16. The molecule has 1 aliphatic carbocycles. The standard InChI is InChI=1S/C17H30N2O.ClH/c1-3-9-15(10-4-2)17(20)19-14-13-18-16-11-7-5-6-8-12-16;/h3-4,15-16,18H,1-2,5-14H2,(H,19,20);1H. The predicted molar refractivity (Wildman–Crippen MR) is 92.9 cm³/mol. The number of allylic oxidation sites excluding steroid dienone is 2. The van der Waals surface area contributed by atoms with Crippen molar-refractivity contribution < 1.29 is 4.79 Å². The molecule has 0 spiro atoms. The summed E-state index contributed by atoms with van der Waals surface area (Å²) in [6, 6.07) is 0.645. The Kier molecular flexibility index (Phi) is 12.4. The zero-order valence-corrected chi connectivity index (χ0v) is 13.9. The van der Waals surface area contributed by atoms with Gasteiger partial charge in [-0.05, 0) is 25.7 Å². The van der Waals surface area contributed by atoms with Crippen LogP contribution in [0.2, 0.25) is 0 Å². The van der Waals surface area contributed by atoms with Crippen molar-refractivity contribution in [3.8, 4) is 0 Å². The number of nitrogens with one attached hydrogen (secondary N) is 2. The maximum atomic E-state index is 12.0. The summed E-state index contributed by atoms with van der Waals surface area (Å²) in [7, 11) is 0. The Morgan fingerprint density at radius 3 is 2.14 bits per heavy atom. The third-order valence-electron chi connectivity index (χ3n) is 3.99. The van der Waals surface area contributed by atoms with Gasteiger partial charge in [-0.2, -0.15) is 0 Å². The van der Waals surface area contributed by atoms with Gasteiger partial charge in [0, 0.05) is 25.0 Å². The average molecular weight is 315 g/mol. The van der Waals surface area contributed by atoms with E-state index >= 15 is 0 Å². The van der Waals surface area contributed by atoms with Gasteiger partial charge in [-0.15, -0.1) is 25.6 Å². The molecule has 0 aromatic rings. The van der Waals surface area contributed by atoms with E-state index in [0.717, 1.165) is 6.54 Å². The number of carbonyl (C=O) groups excluding carboxylic acids is 1. The lowest BCUT2D eigenvalue weighted by atomic mass is 10.0. The average Bonchev–Trinajstić information content (AvgIpc) is 2.72. The minimum absolute atomic E-state index is 0. The van der Waals surface area contributed by atoms with Gasteiger partial charge in [0.1, 0.15) is 0 Å². The van der Waals surface area contributed by atoms with E-state index in [2.05, 4.69) is 23.8 Å². The molecule has 0 saturated heterocycles. The van der Waals surface area contributed by atoms with Crippen molar-refractivity contribution in [3.05, 3.63) is 25.3 Å². The lowest BCUT2D eigenvalue weighted by molar-refractivity contribution is -0.124. The van der Waals surface area contributed by atoms with Gasteiger partial charge in [0.05, 0.1) is 0 Å². The fourth-order valence-electron chi connectivity index (χ4n) is 2.80. The summed E-state index contributed by atoms with van der Waals surface area (Å²) in [5.74, 6) is 0.107. The molecular formula is C17H31ClN2O. The van der Waals surface area contributed by atoms with Gasteiger partial charge in [-0.1, -0.05) is 37.8 Å². The Balaban J connectivity index is 0.00000400. The minimum Gasteiger partial charge on any atom is -0.355 e. The molecule has 1 rings (SSSR count). The third-order valence-corrected chi connectivity index (χ3v) is 3.99. The summed E-state index contributed by atoms with van der Waals surface area (Å²) >= 11 is 0. The van der Waals surface area contributed by atoms with Crippen LogP contribution in [-0.2, 0) is 4.79 Å². The molecule has 1 amide bonds. The van der Waals surface area contributed by atoms with E-state index in [9.17, 15) is 4.79 Å². The van der Waals surface area contributed by atoms with Gasteiger partial charge in [0.15, 0.2) is 0 Å². The molecule has 2 N–H and O–H groups in total. The minimum atomic E-state index is -0.0112. The number of hydrogen-bond donors (Lipinski definition) is 2. The van der Waals surface area contributed by atoms with E-state index in [1.165, 1.54) is 38.5 Å². The molecule has 21 heavy (non-hydrogen) atoms. The monoisotopic (exact) mass is 314 g/mol. The predicted octanol–water partition coefficient (Wildman–Crippen LogP) is 3.61. The highest BCUT2D eigenvalue weighted by atomic mass is 35.5. The van der Waals surface area contributed by atoms with Crippen LogP contribution >= 0.6 is 12.4 Å². The molecule has 1 aliphatic rings. The van der Waals surface area contributed by atoms with Gasteiger partial charge < -0.3 is 10.6 Å². The molecule has 3 nitrogen and oxygen atoms in total. The van der Waals surface area contributed by atoms with Gasteiger partial charge in [-0.25, -0.2) is 0 Å². The molecule has 0 aromatic heterocycles. The lowest BCUT2D eigenvalue weighted by Gasteiger charge is -2.17. The van der Waals surface area contributed by atoms with Crippen LogP contribution in [-0.4, -0.2) is 25.0 Å². The van der Waals surface area contributed by atoms with Gasteiger partial charge in [-0.3, -0.25) is 4.79 Å². The number of hydrogen-bond acceptors (Lipinski definition) is 2. The first-order valence-electron chi connectivity index (χ1n) is 8.00.